The van der Waals surface area contributed by atoms with Gasteiger partial charge in [0.05, 0.1) is 5.41 Å². The number of nitrogens with two attached hydrogens (primary N) is 1. The van der Waals surface area contributed by atoms with Crippen molar-refractivity contribution in [3.63, 3.8) is 0 Å². The predicted molar refractivity (Wildman–Crippen MR) is 98.9 cm³/mol. The summed E-state index contributed by atoms with van der Waals surface area (Å²) in [5.41, 5.74) is 7.07. The van der Waals surface area contributed by atoms with Gasteiger partial charge in [0.15, 0.2) is 0 Å². The Labute approximate surface area is 152 Å². The fourth-order valence-electron chi connectivity index (χ4n) is 3.69. The third-order valence-electron chi connectivity index (χ3n) is 5.38. The van der Waals surface area contributed by atoms with Crippen LogP contribution in [0.3, 0.4) is 0 Å². The van der Waals surface area contributed by atoms with Crippen LogP contribution in [0.25, 0.3) is 11.1 Å². The van der Waals surface area contributed by atoms with E-state index in [1.54, 1.807) is 23.1 Å². The normalized spacial score (nSPS) is 20.0. The maximum atomic E-state index is 13.2. The summed E-state index contributed by atoms with van der Waals surface area (Å²) in [5, 5.41) is 0. The van der Waals surface area contributed by atoms with Crippen molar-refractivity contribution in [3.8, 4) is 11.1 Å². The van der Waals surface area contributed by atoms with Crippen LogP contribution in [0.15, 0.2) is 48.5 Å². The summed E-state index contributed by atoms with van der Waals surface area (Å²) in [6.07, 6.45) is 2.08. The molecule has 0 radical (unpaired) electrons. The van der Waals surface area contributed by atoms with Gasteiger partial charge in [-0.05, 0) is 48.6 Å². The predicted octanol–water partition coefficient (Wildman–Crippen LogP) is 3.61. The van der Waals surface area contributed by atoms with Gasteiger partial charge in [-0.3, -0.25) is 9.59 Å². The molecule has 0 saturated carbocycles. The highest BCUT2D eigenvalue weighted by molar-refractivity contribution is 6.01. The smallest absolute Gasteiger partial charge is 0.254 e. The lowest BCUT2D eigenvalue weighted by Crippen LogP contribution is -2.52. The first-order chi connectivity index (χ1) is 12.5. The first-order valence-corrected chi connectivity index (χ1v) is 8.91. The average Bonchev–Trinajstić information content (AvgIpc) is 2.68. The summed E-state index contributed by atoms with van der Waals surface area (Å²) in [6, 6.07) is 13.4. The van der Waals surface area contributed by atoms with Crippen LogP contribution in [0.5, 0.6) is 0 Å². The van der Waals surface area contributed by atoms with Crippen LogP contribution < -0.4 is 5.73 Å². The Balaban J connectivity index is 1.93. The van der Waals surface area contributed by atoms with Crippen LogP contribution in [-0.2, 0) is 4.79 Å². The van der Waals surface area contributed by atoms with E-state index in [4.69, 9.17) is 5.73 Å². The summed E-state index contributed by atoms with van der Waals surface area (Å²) < 4.78 is 13.2. The van der Waals surface area contributed by atoms with Crippen molar-refractivity contribution in [2.75, 3.05) is 13.1 Å². The van der Waals surface area contributed by atoms with Crippen LogP contribution in [-0.4, -0.2) is 29.8 Å². The molecule has 4 nitrogen and oxygen atoms in total. The van der Waals surface area contributed by atoms with Crippen molar-refractivity contribution in [2.24, 2.45) is 11.1 Å². The van der Waals surface area contributed by atoms with Gasteiger partial charge in [0, 0.05) is 18.7 Å². The van der Waals surface area contributed by atoms with Gasteiger partial charge in [-0.25, -0.2) is 4.39 Å². The number of nitrogens with zero attached hydrogens (tertiary/aromatic N) is 1. The minimum Gasteiger partial charge on any atom is -0.369 e. The van der Waals surface area contributed by atoms with Crippen molar-refractivity contribution in [1.29, 1.82) is 0 Å². The number of carbonyl (C=O) groups excluding carboxylic acids is 2. The van der Waals surface area contributed by atoms with Crippen LogP contribution >= 0.6 is 0 Å². The zero-order valence-electron chi connectivity index (χ0n) is 14.9. The van der Waals surface area contributed by atoms with Crippen molar-refractivity contribution >= 4 is 11.8 Å². The number of hydrogen-bond donors (Lipinski definition) is 1. The molecule has 1 heterocycles. The second-order valence-electron chi connectivity index (χ2n) is 6.88. The quantitative estimate of drug-likeness (QED) is 0.912. The minimum absolute atomic E-state index is 0.122. The van der Waals surface area contributed by atoms with E-state index in [0.29, 0.717) is 31.5 Å². The number of benzene rings is 2. The van der Waals surface area contributed by atoms with Gasteiger partial charge in [-0.15, -0.1) is 0 Å². The highest BCUT2D eigenvalue weighted by Gasteiger charge is 2.40. The molecule has 1 fully saturated rings. The third-order valence-corrected chi connectivity index (χ3v) is 5.38. The summed E-state index contributed by atoms with van der Waals surface area (Å²) in [7, 11) is 0. The molecule has 0 bridgehead atoms. The molecular formula is C21H23FN2O2. The highest BCUT2D eigenvalue weighted by atomic mass is 19.1. The van der Waals surface area contributed by atoms with E-state index in [0.717, 1.165) is 17.5 Å². The van der Waals surface area contributed by atoms with Crippen molar-refractivity contribution < 1.29 is 14.0 Å². The first kappa shape index (κ1) is 18.1. The van der Waals surface area contributed by atoms with E-state index in [1.807, 2.05) is 25.1 Å². The molecule has 5 heteroatoms. The molecule has 2 amide bonds. The van der Waals surface area contributed by atoms with E-state index in [2.05, 4.69) is 0 Å². The number of halogens is 1. The summed E-state index contributed by atoms with van der Waals surface area (Å²) in [6.45, 7) is 2.88. The molecule has 26 heavy (non-hydrogen) atoms. The monoisotopic (exact) mass is 354 g/mol. The molecule has 0 spiro atoms. The lowest BCUT2D eigenvalue weighted by atomic mass is 9.76. The number of amides is 2. The van der Waals surface area contributed by atoms with Crippen molar-refractivity contribution in [1.82, 2.24) is 4.90 Å². The van der Waals surface area contributed by atoms with E-state index >= 15 is 0 Å². The fraction of sp³-hybridized carbons (Fsp3) is 0.333. The number of primary amides is 1. The number of rotatable bonds is 4. The number of hydrogen-bond acceptors (Lipinski definition) is 2. The Morgan fingerprint density at radius 2 is 1.85 bits per heavy atom. The molecule has 1 saturated heterocycles. The van der Waals surface area contributed by atoms with E-state index in [9.17, 15) is 14.0 Å². The molecule has 2 aromatic rings. The van der Waals surface area contributed by atoms with Gasteiger partial charge in [-0.2, -0.15) is 0 Å². The zero-order chi connectivity index (χ0) is 18.7. The Kier molecular flexibility index (Phi) is 5.07. The summed E-state index contributed by atoms with van der Waals surface area (Å²) >= 11 is 0. The topological polar surface area (TPSA) is 63.4 Å². The molecule has 0 aromatic heterocycles. The highest BCUT2D eigenvalue weighted by Crippen LogP contribution is 2.34. The maximum absolute atomic E-state index is 13.2. The Morgan fingerprint density at radius 1 is 1.15 bits per heavy atom. The fourth-order valence-corrected chi connectivity index (χ4v) is 3.69. The average molecular weight is 354 g/mol. The molecule has 2 aromatic carbocycles. The third kappa shape index (κ3) is 3.34. The molecule has 1 unspecified atom stereocenters. The molecule has 1 aliphatic heterocycles. The molecule has 0 aliphatic carbocycles. The summed E-state index contributed by atoms with van der Waals surface area (Å²) in [4.78, 5) is 26.9. The standard InChI is InChI=1S/C21H23FN2O2/c1-2-21(20(23)26)12-5-13-24(14-21)19(25)18-7-4-3-6-17(18)15-8-10-16(22)11-9-15/h3-4,6-11H,2,5,12-14H2,1H3,(H2,23,26). The van der Waals surface area contributed by atoms with Gasteiger partial charge < -0.3 is 10.6 Å². The van der Waals surface area contributed by atoms with Gasteiger partial charge >= 0.3 is 0 Å². The minimum atomic E-state index is -0.654. The van der Waals surface area contributed by atoms with E-state index in [-0.39, 0.29) is 17.6 Å². The van der Waals surface area contributed by atoms with Crippen molar-refractivity contribution in [2.45, 2.75) is 26.2 Å². The van der Waals surface area contributed by atoms with Gasteiger partial charge in [0.1, 0.15) is 5.82 Å². The Bertz CT molecular complexity index is 819. The van der Waals surface area contributed by atoms with E-state index in [1.165, 1.54) is 12.1 Å². The van der Waals surface area contributed by atoms with Crippen molar-refractivity contribution in [3.05, 3.63) is 59.9 Å². The lowest BCUT2D eigenvalue weighted by Gasteiger charge is -2.40. The molecule has 1 atom stereocenters. The van der Waals surface area contributed by atoms with Crippen LogP contribution in [0, 0.1) is 11.2 Å². The second-order valence-corrected chi connectivity index (χ2v) is 6.88. The maximum Gasteiger partial charge on any atom is 0.254 e. The number of carbonyl (C=O) groups is 2. The molecule has 2 N–H and O–H groups in total. The van der Waals surface area contributed by atoms with E-state index < -0.39 is 5.41 Å². The summed E-state index contributed by atoms with van der Waals surface area (Å²) in [5.74, 6) is -0.782. The van der Waals surface area contributed by atoms with Gasteiger partial charge in [0.2, 0.25) is 5.91 Å². The first-order valence-electron chi connectivity index (χ1n) is 8.91. The largest absolute Gasteiger partial charge is 0.369 e. The SMILES string of the molecule is CCC1(C(N)=O)CCCN(C(=O)c2ccccc2-c2ccc(F)cc2)C1. The molecular weight excluding hydrogens is 331 g/mol. The molecule has 3 rings (SSSR count). The Morgan fingerprint density at radius 3 is 2.50 bits per heavy atom. The van der Waals surface area contributed by atoms with Crippen LogP contribution in [0.1, 0.15) is 36.5 Å². The van der Waals surface area contributed by atoms with Crippen LogP contribution in [0.4, 0.5) is 4.39 Å². The number of piperidine rings is 1. The number of likely N-dealkylation sites (tertiary alicyclic amines) is 1. The second kappa shape index (κ2) is 7.28. The molecule has 136 valence electrons. The zero-order valence-corrected chi connectivity index (χ0v) is 14.9. The van der Waals surface area contributed by atoms with Gasteiger partial charge in [-0.1, -0.05) is 37.3 Å². The lowest BCUT2D eigenvalue weighted by molar-refractivity contribution is -0.130. The van der Waals surface area contributed by atoms with Crippen LogP contribution in [0.2, 0.25) is 0 Å². The molecule has 1 aliphatic rings. The Hall–Kier alpha value is -2.69. The van der Waals surface area contributed by atoms with Gasteiger partial charge in [0.25, 0.3) is 5.91 Å².